The summed E-state index contributed by atoms with van der Waals surface area (Å²) in [5, 5.41) is 19.6. The molecular weight excluding hydrogens is 546 g/mol. The van der Waals surface area contributed by atoms with Crippen LogP contribution < -0.4 is 10.4 Å². The minimum Gasteiger partial charge on any atom is -0.550 e. The van der Waals surface area contributed by atoms with Gasteiger partial charge in [-0.25, -0.2) is 0 Å². The number of para-hydroxylation sites is 1. The number of amides is 1. The number of anilines is 1. The van der Waals surface area contributed by atoms with Gasteiger partial charge in [0.25, 0.3) is 0 Å². The van der Waals surface area contributed by atoms with Crippen molar-refractivity contribution >= 4 is 17.6 Å². The van der Waals surface area contributed by atoms with E-state index in [0.717, 1.165) is 24.9 Å². The smallest absolute Gasteiger partial charge is 0.224 e. The van der Waals surface area contributed by atoms with Crippen molar-refractivity contribution in [2.45, 2.75) is 93.4 Å². The minimum absolute atomic E-state index is 0.0520. The highest BCUT2D eigenvalue weighted by Crippen LogP contribution is 2.04. The summed E-state index contributed by atoms with van der Waals surface area (Å²) in [7, 11) is 0. The number of carbonyl (C=O) groups is 2. The number of hydrogen-bond acceptors (Lipinski definition) is 4. The first-order chi connectivity index (χ1) is 21.2. The number of aryl methyl sites for hydroxylation is 2. The Hall–Kier alpha value is -3.96. The van der Waals surface area contributed by atoms with E-state index < -0.39 is 5.97 Å². The van der Waals surface area contributed by atoms with Crippen molar-refractivity contribution in [1.82, 2.24) is 0 Å². The molecule has 5 heteroatoms. The number of carbonyl (C=O) groups excluding carboxylic acids is 2. The second kappa shape index (κ2) is 41.2. The lowest BCUT2D eigenvalue weighted by atomic mass is 10.1. The summed E-state index contributed by atoms with van der Waals surface area (Å²) in [5.41, 5.74) is 3.71. The van der Waals surface area contributed by atoms with Gasteiger partial charge in [0.1, 0.15) is 0 Å². The number of aliphatic hydroxyl groups is 1. The lowest BCUT2D eigenvalue weighted by molar-refractivity contribution is -0.305. The zero-order valence-electron chi connectivity index (χ0n) is 28.6. The van der Waals surface area contributed by atoms with Crippen molar-refractivity contribution < 1.29 is 19.8 Å². The van der Waals surface area contributed by atoms with Crippen LogP contribution in [0.25, 0.3) is 0 Å². The Balaban J connectivity index is -0.000000223. The second-order valence-corrected chi connectivity index (χ2v) is 8.78. The lowest BCUT2D eigenvalue weighted by Gasteiger charge is -2.00. The average Bonchev–Trinajstić information content (AvgIpc) is 3.07. The predicted molar refractivity (Wildman–Crippen MR) is 191 cm³/mol. The van der Waals surface area contributed by atoms with Crippen LogP contribution in [0.5, 0.6) is 0 Å². The van der Waals surface area contributed by atoms with E-state index in [0.29, 0.717) is 6.42 Å². The molecule has 0 saturated carbocycles. The third-order valence-corrected chi connectivity index (χ3v) is 4.88. The van der Waals surface area contributed by atoms with E-state index in [9.17, 15) is 14.7 Å². The minimum atomic E-state index is -0.995. The van der Waals surface area contributed by atoms with Crippen LogP contribution in [0.3, 0.4) is 0 Å². The molecule has 0 heterocycles. The quantitative estimate of drug-likeness (QED) is 0.250. The third-order valence-electron chi connectivity index (χ3n) is 4.88. The first-order valence-electron chi connectivity index (χ1n) is 15.7. The van der Waals surface area contributed by atoms with Crippen molar-refractivity contribution in [2.75, 3.05) is 11.9 Å². The molecule has 0 aliphatic heterocycles. The third kappa shape index (κ3) is 42.5. The standard InChI is InChI=1S/C9H11NO.C9H12.C8H10.2C4H8.C3H6O2.C2H6O/c1-2-9(11)10-8-6-4-3-5-7-8;1-2-6-9-7-4-3-5-8-9;1-2-8-6-4-3-5-7-8;2*1-3-4-2;1-2-3(4)5;1-2-3/h3-7H,2H2,1H3,(H,10,11);3-5,7-8H,2,6H2,1H3;3-7H,2H2,1H3;2*3H,1,4H2,2H3;2H2,1H3,(H,4,5);3H,2H2,1H3/p-1. The van der Waals surface area contributed by atoms with Crippen LogP contribution in [-0.4, -0.2) is 23.6 Å². The molecule has 0 fully saturated rings. The van der Waals surface area contributed by atoms with Gasteiger partial charge in [0.2, 0.25) is 5.91 Å². The molecule has 0 aliphatic rings. The van der Waals surface area contributed by atoms with Gasteiger partial charge in [0.05, 0.1) is 0 Å². The number of carboxylic acid groups (broad SMARTS) is 1. The Morgan fingerprint density at radius 2 is 1.02 bits per heavy atom. The molecule has 0 radical (unpaired) electrons. The van der Waals surface area contributed by atoms with Gasteiger partial charge in [0, 0.05) is 24.7 Å². The highest BCUT2D eigenvalue weighted by molar-refractivity contribution is 5.90. The van der Waals surface area contributed by atoms with Crippen LogP contribution >= 0.6 is 0 Å². The average molecular weight is 607 g/mol. The van der Waals surface area contributed by atoms with Crippen molar-refractivity contribution in [3.63, 3.8) is 0 Å². The Morgan fingerprint density at radius 1 is 0.682 bits per heavy atom. The Bertz CT molecular complexity index is 982. The monoisotopic (exact) mass is 606 g/mol. The van der Waals surface area contributed by atoms with E-state index >= 15 is 0 Å². The van der Waals surface area contributed by atoms with Crippen LogP contribution in [0.4, 0.5) is 5.69 Å². The maximum atomic E-state index is 10.9. The van der Waals surface area contributed by atoms with Gasteiger partial charge >= 0.3 is 0 Å². The molecule has 3 aromatic carbocycles. The number of aliphatic hydroxyl groups excluding tert-OH is 1. The van der Waals surface area contributed by atoms with Gasteiger partial charge in [-0.2, -0.15) is 0 Å². The van der Waals surface area contributed by atoms with Crippen molar-refractivity contribution in [1.29, 1.82) is 0 Å². The summed E-state index contributed by atoms with van der Waals surface area (Å²) >= 11 is 0. The number of rotatable bonds is 8. The van der Waals surface area contributed by atoms with Crippen molar-refractivity contribution in [2.24, 2.45) is 0 Å². The largest absolute Gasteiger partial charge is 0.550 e. The van der Waals surface area contributed by atoms with Gasteiger partial charge < -0.3 is 20.3 Å². The van der Waals surface area contributed by atoms with Crippen LogP contribution in [0.2, 0.25) is 0 Å². The number of hydrogen-bond donors (Lipinski definition) is 2. The molecule has 0 spiro atoms. The van der Waals surface area contributed by atoms with Crippen LogP contribution in [0.15, 0.2) is 116 Å². The summed E-state index contributed by atoms with van der Waals surface area (Å²) in [6, 6.07) is 30.5. The number of carboxylic acids is 1. The van der Waals surface area contributed by atoms with E-state index in [1.807, 2.05) is 55.5 Å². The van der Waals surface area contributed by atoms with E-state index in [-0.39, 0.29) is 18.9 Å². The normalized spacial score (nSPS) is 8.27. The van der Waals surface area contributed by atoms with Gasteiger partial charge in [-0.1, -0.05) is 139 Å². The van der Waals surface area contributed by atoms with Gasteiger partial charge in [-0.3, -0.25) is 4.79 Å². The molecule has 0 atom stereocenters. The maximum Gasteiger partial charge on any atom is 0.224 e. The first kappa shape index (κ1) is 47.0. The SMILES string of the molecule is C=CCC.C=CCC.CCC(=O)Nc1ccccc1.CCC(=O)[O-].CCCc1ccccc1.CCO.CCc1ccccc1. The Morgan fingerprint density at radius 3 is 1.27 bits per heavy atom. The van der Waals surface area contributed by atoms with E-state index in [1.165, 1.54) is 30.9 Å². The highest BCUT2D eigenvalue weighted by Gasteiger charge is 1.95. The summed E-state index contributed by atoms with van der Waals surface area (Å²) in [4.78, 5) is 20.1. The summed E-state index contributed by atoms with van der Waals surface area (Å²) in [6.45, 7) is 20.7. The summed E-state index contributed by atoms with van der Waals surface area (Å²) in [6.07, 6.45) is 10.1. The second-order valence-electron chi connectivity index (χ2n) is 8.78. The number of nitrogens with one attached hydrogen (secondary N) is 1. The molecule has 5 nitrogen and oxygen atoms in total. The Labute approximate surface area is 269 Å². The molecule has 0 saturated heterocycles. The predicted octanol–water partition coefficient (Wildman–Crippen LogP) is 9.23. The molecule has 1 amide bonds. The fourth-order valence-electron chi connectivity index (χ4n) is 2.42. The van der Waals surface area contributed by atoms with Gasteiger partial charge in [0.15, 0.2) is 0 Å². The van der Waals surface area contributed by atoms with E-state index in [2.05, 4.69) is 101 Å². The van der Waals surface area contributed by atoms with Crippen LogP contribution in [0.1, 0.15) is 91.7 Å². The van der Waals surface area contributed by atoms with Gasteiger partial charge in [-0.15, -0.1) is 13.2 Å². The lowest BCUT2D eigenvalue weighted by Crippen LogP contribution is -2.19. The van der Waals surface area contributed by atoms with Gasteiger partial charge in [-0.05, 0) is 62.3 Å². The number of benzene rings is 3. The zero-order chi connectivity index (χ0) is 34.3. The molecule has 3 aromatic rings. The molecule has 3 rings (SSSR count). The van der Waals surface area contributed by atoms with E-state index in [4.69, 9.17) is 5.11 Å². The fourth-order valence-corrected chi connectivity index (χ4v) is 2.42. The molecule has 246 valence electrons. The Kier molecular flexibility index (Phi) is 44.0. The molecular formula is C39H60NO4-. The molecule has 0 unspecified atom stereocenters. The topological polar surface area (TPSA) is 89.5 Å². The number of allylic oxidation sites excluding steroid dienone is 2. The molecule has 0 aliphatic carbocycles. The van der Waals surface area contributed by atoms with Crippen molar-refractivity contribution in [3.05, 3.63) is 127 Å². The number of aliphatic carboxylic acids is 1. The zero-order valence-corrected chi connectivity index (χ0v) is 28.6. The maximum absolute atomic E-state index is 10.9. The first-order valence-corrected chi connectivity index (χ1v) is 15.7. The summed E-state index contributed by atoms with van der Waals surface area (Å²) in [5.74, 6) is -0.943. The van der Waals surface area contributed by atoms with Crippen LogP contribution in [-0.2, 0) is 22.4 Å². The van der Waals surface area contributed by atoms with Crippen molar-refractivity contribution in [3.8, 4) is 0 Å². The van der Waals surface area contributed by atoms with Crippen LogP contribution in [0, 0.1) is 0 Å². The highest BCUT2D eigenvalue weighted by atomic mass is 16.4. The molecule has 0 aromatic heterocycles. The summed E-state index contributed by atoms with van der Waals surface area (Å²) < 4.78 is 0. The molecule has 2 N–H and O–H groups in total. The van der Waals surface area contributed by atoms with E-state index in [1.54, 1.807) is 6.92 Å². The fraction of sp³-hybridized carbons (Fsp3) is 0.385. The molecule has 0 bridgehead atoms. The molecule has 44 heavy (non-hydrogen) atoms.